The quantitative estimate of drug-likeness (QED) is 0.535. The molecule has 0 radical (unpaired) electrons. The smallest absolute Gasteiger partial charge is 0.303 e. The van der Waals surface area contributed by atoms with Gasteiger partial charge < -0.3 is 21.3 Å². The first-order chi connectivity index (χ1) is 8.49. The standard InChI is InChI=1S/C12H22N2O4/c13-9(4-5-10(16)17)11(18)14-12(8-15)6-2-1-3-7-12/h9,15H,1-8,13H2,(H,14,18)(H,16,17). The molecule has 0 saturated heterocycles. The van der Waals surface area contributed by atoms with E-state index < -0.39 is 17.6 Å². The summed E-state index contributed by atoms with van der Waals surface area (Å²) in [5.74, 6) is -1.33. The Kier molecular flexibility index (Phi) is 5.55. The number of carbonyl (C=O) groups is 2. The van der Waals surface area contributed by atoms with Crippen LogP contribution in [0, 0.1) is 0 Å². The zero-order chi connectivity index (χ0) is 13.6. The second kappa shape index (κ2) is 6.70. The largest absolute Gasteiger partial charge is 0.481 e. The normalized spacial score (nSPS) is 20.1. The minimum Gasteiger partial charge on any atom is -0.481 e. The Bertz CT molecular complexity index is 300. The predicted molar refractivity (Wildman–Crippen MR) is 65.9 cm³/mol. The van der Waals surface area contributed by atoms with Crippen molar-refractivity contribution in [2.45, 2.75) is 56.5 Å². The fourth-order valence-electron chi connectivity index (χ4n) is 2.32. The number of aliphatic carboxylic acids is 1. The lowest BCUT2D eigenvalue weighted by molar-refractivity contribution is -0.137. The number of aliphatic hydroxyl groups excluding tert-OH is 1. The Hall–Kier alpha value is -1.14. The summed E-state index contributed by atoms with van der Waals surface area (Å²) in [4.78, 5) is 22.3. The van der Waals surface area contributed by atoms with Gasteiger partial charge in [0.05, 0.1) is 18.2 Å². The van der Waals surface area contributed by atoms with Crippen molar-refractivity contribution >= 4 is 11.9 Å². The van der Waals surface area contributed by atoms with E-state index in [-0.39, 0.29) is 25.4 Å². The van der Waals surface area contributed by atoms with Crippen molar-refractivity contribution in [1.82, 2.24) is 5.32 Å². The molecule has 5 N–H and O–H groups in total. The summed E-state index contributed by atoms with van der Waals surface area (Å²) in [5.41, 5.74) is 5.08. The number of carboxylic acids is 1. The minimum atomic E-state index is -0.965. The molecule has 6 nitrogen and oxygen atoms in total. The van der Waals surface area contributed by atoms with Crippen molar-refractivity contribution in [2.75, 3.05) is 6.61 Å². The molecule has 18 heavy (non-hydrogen) atoms. The minimum absolute atomic E-state index is 0.0929. The lowest BCUT2D eigenvalue weighted by Crippen LogP contribution is -2.56. The van der Waals surface area contributed by atoms with E-state index in [0.29, 0.717) is 0 Å². The van der Waals surface area contributed by atoms with Gasteiger partial charge in [-0.2, -0.15) is 0 Å². The molecule has 0 spiro atoms. The Balaban J connectivity index is 2.48. The highest BCUT2D eigenvalue weighted by Crippen LogP contribution is 2.27. The van der Waals surface area contributed by atoms with Crippen LogP contribution >= 0.6 is 0 Å². The van der Waals surface area contributed by atoms with Crippen molar-refractivity contribution in [3.63, 3.8) is 0 Å². The van der Waals surface area contributed by atoms with Crippen molar-refractivity contribution in [2.24, 2.45) is 5.73 Å². The number of hydrogen-bond acceptors (Lipinski definition) is 4. The molecule has 1 fully saturated rings. The van der Waals surface area contributed by atoms with Gasteiger partial charge >= 0.3 is 5.97 Å². The number of carboxylic acid groups (broad SMARTS) is 1. The van der Waals surface area contributed by atoms with Crippen molar-refractivity contribution in [3.8, 4) is 0 Å². The average Bonchev–Trinajstić information content (AvgIpc) is 2.36. The molecule has 0 bridgehead atoms. The molecule has 1 saturated carbocycles. The van der Waals surface area contributed by atoms with Gasteiger partial charge in [-0.15, -0.1) is 0 Å². The van der Waals surface area contributed by atoms with Crippen LogP contribution in [0.3, 0.4) is 0 Å². The molecule has 6 heteroatoms. The zero-order valence-corrected chi connectivity index (χ0v) is 10.5. The predicted octanol–water partition coefficient (Wildman–Crippen LogP) is -0.0101. The van der Waals surface area contributed by atoms with Gasteiger partial charge in [-0.25, -0.2) is 0 Å². The van der Waals surface area contributed by atoms with E-state index in [1.54, 1.807) is 0 Å². The van der Waals surface area contributed by atoms with Gasteiger partial charge in [-0.3, -0.25) is 9.59 Å². The third-order valence-electron chi connectivity index (χ3n) is 3.51. The van der Waals surface area contributed by atoms with E-state index in [1.807, 2.05) is 0 Å². The summed E-state index contributed by atoms with van der Waals surface area (Å²) in [6, 6.07) is -0.827. The summed E-state index contributed by atoms with van der Waals surface area (Å²) < 4.78 is 0. The first-order valence-electron chi connectivity index (χ1n) is 6.39. The Morgan fingerprint density at radius 1 is 1.28 bits per heavy atom. The lowest BCUT2D eigenvalue weighted by Gasteiger charge is -2.37. The fourth-order valence-corrected chi connectivity index (χ4v) is 2.32. The lowest BCUT2D eigenvalue weighted by atomic mass is 9.82. The second-order valence-electron chi connectivity index (χ2n) is 5.03. The van der Waals surface area contributed by atoms with Gasteiger partial charge in [0, 0.05) is 6.42 Å². The monoisotopic (exact) mass is 258 g/mol. The third kappa shape index (κ3) is 4.27. The summed E-state index contributed by atoms with van der Waals surface area (Å²) in [6.07, 6.45) is 4.56. The molecule has 0 aromatic heterocycles. The van der Waals surface area contributed by atoms with Crippen LogP contribution in [-0.4, -0.2) is 40.3 Å². The van der Waals surface area contributed by atoms with Crippen LogP contribution in [0.25, 0.3) is 0 Å². The molecule has 1 aliphatic carbocycles. The topological polar surface area (TPSA) is 113 Å². The molecule has 0 heterocycles. The highest BCUT2D eigenvalue weighted by Gasteiger charge is 2.34. The van der Waals surface area contributed by atoms with Crippen LogP contribution in [-0.2, 0) is 9.59 Å². The second-order valence-corrected chi connectivity index (χ2v) is 5.03. The van der Waals surface area contributed by atoms with E-state index >= 15 is 0 Å². The molecule has 0 aromatic carbocycles. The average molecular weight is 258 g/mol. The van der Waals surface area contributed by atoms with Crippen LogP contribution in [0.5, 0.6) is 0 Å². The SMILES string of the molecule is NC(CCC(=O)O)C(=O)NC1(CO)CCCCC1. The number of amides is 1. The Morgan fingerprint density at radius 3 is 2.39 bits per heavy atom. The molecule has 0 aliphatic heterocycles. The van der Waals surface area contributed by atoms with E-state index in [4.69, 9.17) is 10.8 Å². The van der Waals surface area contributed by atoms with Gasteiger partial charge in [-0.05, 0) is 19.3 Å². The summed E-state index contributed by atoms with van der Waals surface area (Å²) in [6.45, 7) is -0.0929. The number of rotatable bonds is 6. The Labute approximate surface area is 107 Å². The van der Waals surface area contributed by atoms with Crippen LogP contribution in [0.15, 0.2) is 0 Å². The molecule has 1 atom stereocenters. The molecule has 0 aromatic rings. The molecule has 1 amide bonds. The number of nitrogens with two attached hydrogens (primary N) is 1. The summed E-state index contributed by atoms with van der Waals surface area (Å²) in [7, 11) is 0. The molecule has 1 aliphatic rings. The van der Waals surface area contributed by atoms with Crippen LogP contribution in [0.4, 0.5) is 0 Å². The Morgan fingerprint density at radius 2 is 1.89 bits per heavy atom. The van der Waals surface area contributed by atoms with Crippen LogP contribution in [0.1, 0.15) is 44.9 Å². The molecular formula is C12H22N2O4. The molecular weight excluding hydrogens is 236 g/mol. The maximum atomic E-state index is 11.8. The number of hydrogen-bond donors (Lipinski definition) is 4. The highest BCUT2D eigenvalue weighted by molar-refractivity contribution is 5.82. The van der Waals surface area contributed by atoms with Gasteiger partial charge in [0.15, 0.2) is 0 Å². The summed E-state index contributed by atoms with van der Waals surface area (Å²) in [5, 5.41) is 20.8. The van der Waals surface area contributed by atoms with Gasteiger partial charge in [0.1, 0.15) is 0 Å². The number of nitrogens with one attached hydrogen (secondary N) is 1. The first-order valence-corrected chi connectivity index (χ1v) is 6.39. The zero-order valence-electron chi connectivity index (χ0n) is 10.5. The third-order valence-corrected chi connectivity index (χ3v) is 3.51. The highest BCUT2D eigenvalue weighted by atomic mass is 16.4. The van der Waals surface area contributed by atoms with E-state index in [2.05, 4.69) is 5.32 Å². The van der Waals surface area contributed by atoms with Gasteiger partial charge in [-0.1, -0.05) is 19.3 Å². The molecule has 1 unspecified atom stereocenters. The van der Waals surface area contributed by atoms with Crippen LogP contribution in [0.2, 0.25) is 0 Å². The fraction of sp³-hybridized carbons (Fsp3) is 0.833. The first kappa shape index (κ1) is 14.9. The van der Waals surface area contributed by atoms with E-state index in [0.717, 1.165) is 32.1 Å². The van der Waals surface area contributed by atoms with Crippen molar-refractivity contribution in [3.05, 3.63) is 0 Å². The van der Waals surface area contributed by atoms with E-state index in [1.165, 1.54) is 0 Å². The number of carbonyl (C=O) groups excluding carboxylic acids is 1. The van der Waals surface area contributed by atoms with Crippen LogP contribution < -0.4 is 11.1 Å². The molecule has 1 rings (SSSR count). The summed E-state index contributed by atoms with van der Waals surface area (Å²) >= 11 is 0. The molecule has 104 valence electrons. The van der Waals surface area contributed by atoms with Crippen molar-refractivity contribution in [1.29, 1.82) is 0 Å². The maximum absolute atomic E-state index is 11.8. The van der Waals surface area contributed by atoms with Gasteiger partial charge in [0.25, 0.3) is 0 Å². The van der Waals surface area contributed by atoms with E-state index in [9.17, 15) is 14.7 Å². The van der Waals surface area contributed by atoms with Gasteiger partial charge in [0.2, 0.25) is 5.91 Å². The maximum Gasteiger partial charge on any atom is 0.303 e. The number of aliphatic hydroxyl groups is 1. The van der Waals surface area contributed by atoms with Crippen molar-refractivity contribution < 1.29 is 19.8 Å².